The molecule has 1 rings (SSSR count). The predicted octanol–water partition coefficient (Wildman–Crippen LogP) is 2.50. The van der Waals surface area contributed by atoms with Gasteiger partial charge < -0.3 is 5.32 Å². The number of alkyl halides is 1. The molecule has 0 aromatic heterocycles. The number of nitriles is 1. The van der Waals surface area contributed by atoms with E-state index in [4.69, 9.17) is 5.26 Å². The summed E-state index contributed by atoms with van der Waals surface area (Å²) in [6, 6.07) is 8.75. The summed E-state index contributed by atoms with van der Waals surface area (Å²) in [6.45, 7) is 0.693. The van der Waals surface area contributed by atoms with Crippen LogP contribution in [-0.4, -0.2) is 16.9 Å². The molecule has 0 bridgehead atoms. The third kappa shape index (κ3) is 4.19. The molecular formula is C12H13IN2O. The van der Waals surface area contributed by atoms with E-state index in [9.17, 15) is 4.79 Å². The maximum atomic E-state index is 11.7. The Labute approximate surface area is 109 Å². The topological polar surface area (TPSA) is 52.9 Å². The number of rotatable bonds is 5. The summed E-state index contributed by atoms with van der Waals surface area (Å²) >= 11 is 2.32. The lowest BCUT2D eigenvalue weighted by Crippen LogP contribution is -2.24. The van der Waals surface area contributed by atoms with Gasteiger partial charge in [0.05, 0.1) is 11.6 Å². The van der Waals surface area contributed by atoms with Gasteiger partial charge in [-0.15, -0.1) is 0 Å². The zero-order valence-corrected chi connectivity index (χ0v) is 11.0. The lowest BCUT2D eigenvalue weighted by Gasteiger charge is -2.04. The van der Waals surface area contributed by atoms with Crippen LogP contribution in [0.15, 0.2) is 24.3 Å². The van der Waals surface area contributed by atoms with Gasteiger partial charge in [-0.3, -0.25) is 4.79 Å². The van der Waals surface area contributed by atoms with Crippen molar-refractivity contribution in [1.82, 2.24) is 5.32 Å². The highest BCUT2D eigenvalue weighted by atomic mass is 127. The standard InChI is InChI=1S/C12H13IN2O/c13-6-1-2-7-15-12(16)11-5-3-4-10(8-11)9-14/h3-5,8H,1-2,6-7H2,(H,15,16). The normalized spacial score (nSPS) is 9.50. The second-order valence-corrected chi connectivity index (χ2v) is 4.42. The highest BCUT2D eigenvalue weighted by Gasteiger charge is 2.04. The monoisotopic (exact) mass is 328 g/mol. The number of benzene rings is 1. The molecule has 0 spiro atoms. The Balaban J connectivity index is 2.50. The van der Waals surface area contributed by atoms with E-state index in [0.29, 0.717) is 17.7 Å². The third-order valence-corrected chi connectivity index (χ3v) is 2.86. The number of carbonyl (C=O) groups is 1. The number of hydrogen-bond donors (Lipinski definition) is 1. The van der Waals surface area contributed by atoms with Crippen molar-refractivity contribution in [2.24, 2.45) is 0 Å². The molecular weight excluding hydrogens is 315 g/mol. The van der Waals surface area contributed by atoms with Crippen molar-refractivity contribution in [2.45, 2.75) is 12.8 Å². The van der Waals surface area contributed by atoms with Gasteiger partial charge in [0.2, 0.25) is 0 Å². The fraction of sp³-hybridized carbons (Fsp3) is 0.333. The zero-order chi connectivity index (χ0) is 11.8. The Morgan fingerprint density at radius 2 is 2.25 bits per heavy atom. The lowest BCUT2D eigenvalue weighted by atomic mass is 10.1. The Bertz CT molecular complexity index is 398. The first kappa shape index (κ1) is 13.0. The summed E-state index contributed by atoms with van der Waals surface area (Å²) in [7, 11) is 0. The minimum absolute atomic E-state index is 0.106. The van der Waals surface area contributed by atoms with Crippen LogP contribution in [0, 0.1) is 11.3 Å². The molecule has 1 amide bonds. The molecule has 1 aromatic carbocycles. The van der Waals surface area contributed by atoms with E-state index in [0.717, 1.165) is 17.3 Å². The number of unbranched alkanes of at least 4 members (excludes halogenated alkanes) is 1. The first-order chi connectivity index (χ1) is 7.77. The van der Waals surface area contributed by atoms with Crippen LogP contribution in [0.4, 0.5) is 0 Å². The Morgan fingerprint density at radius 1 is 1.44 bits per heavy atom. The molecule has 0 saturated heterocycles. The fourth-order valence-electron chi connectivity index (χ4n) is 1.25. The fourth-order valence-corrected chi connectivity index (χ4v) is 1.79. The van der Waals surface area contributed by atoms with Crippen LogP contribution >= 0.6 is 22.6 Å². The maximum Gasteiger partial charge on any atom is 0.251 e. The minimum Gasteiger partial charge on any atom is -0.352 e. The van der Waals surface area contributed by atoms with Crippen molar-refractivity contribution >= 4 is 28.5 Å². The maximum absolute atomic E-state index is 11.7. The van der Waals surface area contributed by atoms with Crippen molar-refractivity contribution in [2.75, 3.05) is 11.0 Å². The van der Waals surface area contributed by atoms with Crippen molar-refractivity contribution < 1.29 is 4.79 Å². The largest absolute Gasteiger partial charge is 0.352 e. The first-order valence-electron chi connectivity index (χ1n) is 5.12. The molecule has 0 fully saturated rings. The number of carbonyl (C=O) groups excluding carboxylic acids is 1. The van der Waals surface area contributed by atoms with Gasteiger partial charge in [-0.2, -0.15) is 5.26 Å². The molecule has 0 heterocycles. The Morgan fingerprint density at radius 3 is 2.94 bits per heavy atom. The molecule has 4 heteroatoms. The molecule has 0 aliphatic heterocycles. The van der Waals surface area contributed by atoms with E-state index in [1.807, 2.05) is 6.07 Å². The van der Waals surface area contributed by atoms with Crippen LogP contribution in [0.3, 0.4) is 0 Å². The number of halogens is 1. The van der Waals surface area contributed by atoms with Crippen molar-refractivity contribution in [3.05, 3.63) is 35.4 Å². The van der Waals surface area contributed by atoms with Gasteiger partial charge in [0.25, 0.3) is 5.91 Å². The molecule has 0 atom stereocenters. The van der Waals surface area contributed by atoms with Gasteiger partial charge >= 0.3 is 0 Å². The average molecular weight is 328 g/mol. The molecule has 84 valence electrons. The predicted molar refractivity (Wildman–Crippen MR) is 71.6 cm³/mol. The van der Waals surface area contributed by atoms with Crippen LogP contribution in [0.1, 0.15) is 28.8 Å². The van der Waals surface area contributed by atoms with Crippen molar-refractivity contribution in [1.29, 1.82) is 5.26 Å². The van der Waals surface area contributed by atoms with Gasteiger partial charge in [-0.1, -0.05) is 28.7 Å². The van der Waals surface area contributed by atoms with E-state index < -0.39 is 0 Å². The van der Waals surface area contributed by atoms with Gasteiger partial charge in [0, 0.05) is 12.1 Å². The summed E-state index contributed by atoms with van der Waals surface area (Å²) in [6.07, 6.45) is 2.10. The number of amides is 1. The molecule has 0 aliphatic rings. The number of nitrogens with one attached hydrogen (secondary N) is 1. The molecule has 1 aromatic rings. The second-order valence-electron chi connectivity index (χ2n) is 3.34. The molecule has 0 saturated carbocycles. The van der Waals surface area contributed by atoms with E-state index in [-0.39, 0.29) is 5.91 Å². The van der Waals surface area contributed by atoms with E-state index in [2.05, 4.69) is 27.9 Å². The lowest BCUT2D eigenvalue weighted by molar-refractivity contribution is 0.0953. The van der Waals surface area contributed by atoms with Crippen LogP contribution in [0.5, 0.6) is 0 Å². The smallest absolute Gasteiger partial charge is 0.251 e. The van der Waals surface area contributed by atoms with Crippen LogP contribution in [0.25, 0.3) is 0 Å². The Kier molecular flexibility index (Phi) is 5.86. The van der Waals surface area contributed by atoms with Gasteiger partial charge in [0.1, 0.15) is 0 Å². The highest BCUT2D eigenvalue weighted by molar-refractivity contribution is 14.1. The molecule has 0 radical (unpaired) electrons. The van der Waals surface area contributed by atoms with Crippen LogP contribution in [0.2, 0.25) is 0 Å². The van der Waals surface area contributed by atoms with Gasteiger partial charge in [-0.05, 0) is 35.5 Å². The van der Waals surface area contributed by atoms with Crippen molar-refractivity contribution in [3.8, 4) is 6.07 Å². The summed E-state index contributed by atoms with van der Waals surface area (Å²) in [5, 5.41) is 11.5. The number of nitrogens with zero attached hydrogens (tertiary/aromatic N) is 1. The SMILES string of the molecule is N#Cc1cccc(C(=O)NCCCCI)c1. The Hall–Kier alpha value is -1.09. The molecule has 1 N–H and O–H groups in total. The third-order valence-electron chi connectivity index (χ3n) is 2.10. The minimum atomic E-state index is -0.106. The average Bonchev–Trinajstić information content (AvgIpc) is 2.34. The highest BCUT2D eigenvalue weighted by Crippen LogP contribution is 2.04. The molecule has 0 aliphatic carbocycles. The zero-order valence-electron chi connectivity index (χ0n) is 8.87. The summed E-state index contributed by atoms with van der Waals surface area (Å²) < 4.78 is 1.11. The molecule has 3 nitrogen and oxygen atoms in total. The van der Waals surface area contributed by atoms with Crippen LogP contribution in [-0.2, 0) is 0 Å². The number of hydrogen-bond acceptors (Lipinski definition) is 2. The summed E-state index contributed by atoms with van der Waals surface area (Å²) in [4.78, 5) is 11.7. The second kappa shape index (κ2) is 7.23. The molecule has 16 heavy (non-hydrogen) atoms. The van der Waals surface area contributed by atoms with Crippen LogP contribution < -0.4 is 5.32 Å². The van der Waals surface area contributed by atoms with Gasteiger partial charge in [0.15, 0.2) is 0 Å². The van der Waals surface area contributed by atoms with E-state index in [1.165, 1.54) is 0 Å². The van der Waals surface area contributed by atoms with Gasteiger partial charge in [-0.25, -0.2) is 0 Å². The van der Waals surface area contributed by atoms with Crippen molar-refractivity contribution in [3.63, 3.8) is 0 Å². The summed E-state index contributed by atoms with van der Waals surface area (Å²) in [5.41, 5.74) is 1.06. The molecule has 0 unspecified atom stereocenters. The first-order valence-corrected chi connectivity index (χ1v) is 6.65. The summed E-state index contributed by atoms with van der Waals surface area (Å²) in [5.74, 6) is -0.106. The quantitative estimate of drug-likeness (QED) is 0.513. The van der Waals surface area contributed by atoms with E-state index in [1.54, 1.807) is 24.3 Å². The van der Waals surface area contributed by atoms with E-state index >= 15 is 0 Å².